The highest BCUT2D eigenvalue weighted by Gasteiger charge is 2.27. The number of β-amino-alcohol motifs (C(OH)–C–C–N with tert-alkyl or cyclic N) is 1. The van der Waals surface area contributed by atoms with Gasteiger partial charge in [0.05, 0.1) is 35.7 Å². The van der Waals surface area contributed by atoms with E-state index in [1.807, 2.05) is 44.2 Å². The van der Waals surface area contributed by atoms with Crippen molar-refractivity contribution in [3.05, 3.63) is 42.5 Å². The highest BCUT2D eigenvalue weighted by atomic mass is 16.6. The molecule has 1 unspecified atom stereocenters. The van der Waals surface area contributed by atoms with E-state index >= 15 is 0 Å². The summed E-state index contributed by atoms with van der Waals surface area (Å²) < 4.78 is 13.7. The van der Waals surface area contributed by atoms with E-state index in [1.165, 1.54) is 6.42 Å². The van der Waals surface area contributed by atoms with E-state index in [1.54, 1.807) is 0 Å². The van der Waals surface area contributed by atoms with Crippen LogP contribution in [0.3, 0.4) is 0 Å². The molecule has 198 valence electrons. The van der Waals surface area contributed by atoms with Crippen LogP contribution in [0.15, 0.2) is 42.5 Å². The van der Waals surface area contributed by atoms with Gasteiger partial charge >= 0.3 is 6.09 Å². The van der Waals surface area contributed by atoms with Crippen molar-refractivity contribution in [1.29, 1.82) is 0 Å². The third-order valence-corrected chi connectivity index (χ3v) is 7.34. The van der Waals surface area contributed by atoms with Crippen molar-refractivity contribution in [3.8, 4) is 17.0 Å². The van der Waals surface area contributed by atoms with Crippen LogP contribution in [0, 0.1) is 0 Å². The van der Waals surface area contributed by atoms with Crippen LogP contribution >= 0.6 is 0 Å². The third-order valence-electron chi connectivity index (χ3n) is 7.34. The van der Waals surface area contributed by atoms with Gasteiger partial charge in [-0.2, -0.15) is 0 Å². The number of benzene rings is 2. The molecule has 2 fully saturated rings. The Bertz CT molecular complexity index is 1230. The van der Waals surface area contributed by atoms with Crippen LogP contribution in [0.5, 0.6) is 5.75 Å². The highest BCUT2D eigenvalue weighted by Crippen LogP contribution is 2.45. The maximum absolute atomic E-state index is 12.0. The number of aliphatic hydroxyl groups is 1. The normalized spacial score (nSPS) is 18.3. The molecule has 1 aliphatic heterocycles. The van der Waals surface area contributed by atoms with E-state index in [4.69, 9.17) is 15.2 Å². The maximum Gasteiger partial charge on any atom is 0.411 e. The largest absolute Gasteiger partial charge is 0.493 e. The summed E-state index contributed by atoms with van der Waals surface area (Å²) in [6, 6.07) is 14.3. The van der Waals surface area contributed by atoms with Gasteiger partial charge < -0.3 is 29.8 Å². The number of carbonyl (C=O) groups is 1. The van der Waals surface area contributed by atoms with E-state index in [0.29, 0.717) is 18.3 Å². The van der Waals surface area contributed by atoms with Crippen LogP contribution in [-0.2, 0) is 4.74 Å². The van der Waals surface area contributed by atoms with Gasteiger partial charge in [-0.15, -0.1) is 0 Å². The molecule has 1 amide bonds. The Morgan fingerprint density at radius 1 is 1.16 bits per heavy atom. The minimum atomic E-state index is -0.462. The van der Waals surface area contributed by atoms with Crippen LogP contribution in [-0.4, -0.2) is 59.1 Å². The third kappa shape index (κ3) is 5.70. The SMILES string of the molecule is CC(C)OC(=O)Nc1ccc(-c2c(N)c3ccc(OCCCN4CCC(O)C4)cc3n2C2CCC2)cc1. The first-order valence-electron chi connectivity index (χ1n) is 13.4. The molecular weight excluding hydrogens is 468 g/mol. The van der Waals surface area contributed by atoms with Crippen molar-refractivity contribution in [3.63, 3.8) is 0 Å². The van der Waals surface area contributed by atoms with Crippen LogP contribution in [0.25, 0.3) is 22.2 Å². The molecule has 1 saturated heterocycles. The first-order chi connectivity index (χ1) is 17.9. The molecular formula is C29H38N4O4. The average molecular weight is 507 g/mol. The molecule has 1 aliphatic carbocycles. The fourth-order valence-electron chi connectivity index (χ4n) is 5.29. The number of hydrogen-bond donors (Lipinski definition) is 3. The summed E-state index contributed by atoms with van der Waals surface area (Å²) in [4.78, 5) is 14.3. The fraction of sp³-hybridized carbons (Fsp3) is 0.483. The lowest BCUT2D eigenvalue weighted by molar-refractivity contribution is 0.130. The number of nitrogens with zero attached hydrogens (tertiary/aromatic N) is 2. The van der Waals surface area contributed by atoms with Crippen molar-refractivity contribution in [1.82, 2.24) is 9.47 Å². The fourth-order valence-corrected chi connectivity index (χ4v) is 5.29. The van der Waals surface area contributed by atoms with E-state index in [-0.39, 0.29) is 12.2 Å². The predicted octanol–water partition coefficient (Wildman–Crippen LogP) is 5.41. The molecule has 4 N–H and O–H groups in total. The second kappa shape index (κ2) is 11.0. The number of aromatic nitrogens is 1. The monoisotopic (exact) mass is 506 g/mol. The van der Waals surface area contributed by atoms with E-state index < -0.39 is 6.09 Å². The molecule has 2 aliphatic rings. The number of amides is 1. The summed E-state index contributed by atoms with van der Waals surface area (Å²) in [6.45, 7) is 6.95. The molecule has 2 aromatic carbocycles. The topological polar surface area (TPSA) is 102 Å². The number of nitrogens with one attached hydrogen (secondary N) is 1. The molecule has 5 rings (SSSR count). The van der Waals surface area contributed by atoms with Gasteiger partial charge in [0, 0.05) is 48.4 Å². The van der Waals surface area contributed by atoms with Crippen molar-refractivity contribution < 1.29 is 19.4 Å². The van der Waals surface area contributed by atoms with Crippen molar-refractivity contribution >= 4 is 28.4 Å². The number of carbonyl (C=O) groups excluding carboxylic acids is 1. The molecule has 3 aromatic rings. The van der Waals surface area contributed by atoms with Gasteiger partial charge in [0.1, 0.15) is 5.75 Å². The lowest BCUT2D eigenvalue weighted by atomic mass is 9.92. The van der Waals surface area contributed by atoms with Gasteiger partial charge in [-0.1, -0.05) is 12.1 Å². The minimum absolute atomic E-state index is 0.176. The number of aliphatic hydroxyl groups excluding tert-OH is 1. The van der Waals surface area contributed by atoms with Gasteiger partial charge in [-0.25, -0.2) is 4.79 Å². The Morgan fingerprint density at radius 2 is 1.95 bits per heavy atom. The van der Waals surface area contributed by atoms with Crippen LogP contribution in [0.2, 0.25) is 0 Å². The second-order valence-electron chi connectivity index (χ2n) is 10.5. The van der Waals surface area contributed by atoms with Crippen LogP contribution < -0.4 is 15.8 Å². The number of nitrogen functional groups attached to an aromatic ring is 1. The summed E-state index contributed by atoms with van der Waals surface area (Å²) in [5.74, 6) is 0.849. The molecule has 0 bridgehead atoms. The summed E-state index contributed by atoms with van der Waals surface area (Å²) >= 11 is 0. The lowest BCUT2D eigenvalue weighted by Crippen LogP contribution is -2.24. The van der Waals surface area contributed by atoms with Gasteiger partial charge in [0.25, 0.3) is 0 Å². The van der Waals surface area contributed by atoms with Crippen molar-refractivity contribution in [2.24, 2.45) is 0 Å². The standard InChI is InChI=1S/C29H38N4O4/c1-19(2)37-29(35)31-21-9-7-20(8-10-21)28-27(30)25-12-11-24(17-26(25)33(28)22-5-3-6-22)36-16-4-14-32-15-13-23(34)18-32/h7-12,17,19,22-23,34H,3-6,13-16,18,30H2,1-2H3,(H,31,35). The van der Waals surface area contributed by atoms with Gasteiger partial charge in [-0.3, -0.25) is 5.32 Å². The van der Waals surface area contributed by atoms with E-state index in [2.05, 4.69) is 26.9 Å². The van der Waals surface area contributed by atoms with E-state index in [9.17, 15) is 9.90 Å². The summed E-state index contributed by atoms with van der Waals surface area (Å²) in [6.07, 6.45) is 4.44. The first kappa shape index (κ1) is 25.4. The Kier molecular flexibility index (Phi) is 7.58. The summed E-state index contributed by atoms with van der Waals surface area (Å²) in [5.41, 5.74) is 11.3. The van der Waals surface area contributed by atoms with Gasteiger partial charge in [0.2, 0.25) is 0 Å². The average Bonchev–Trinajstić information content (AvgIpc) is 3.36. The molecule has 1 saturated carbocycles. The zero-order valence-corrected chi connectivity index (χ0v) is 21.8. The Labute approximate surface area is 218 Å². The molecule has 0 spiro atoms. The number of rotatable bonds is 9. The zero-order chi connectivity index (χ0) is 25.9. The molecule has 8 nitrogen and oxygen atoms in total. The summed E-state index contributed by atoms with van der Waals surface area (Å²) in [5, 5.41) is 13.5. The number of hydrogen-bond acceptors (Lipinski definition) is 6. The van der Waals surface area contributed by atoms with Crippen LogP contribution in [0.4, 0.5) is 16.2 Å². The number of likely N-dealkylation sites (tertiary alicyclic amines) is 1. The zero-order valence-electron chi connectivity index (χ0n) is 21.8. The quantitative estimate of drug-likeness (QED) is 0.336. The smallest absolute Gasteiger partial charge is 0.411 e. The van der Waals surface area contributed by atoms with Gasteiger partial charge in [-0.05, 0) is 70.2 Å². The Balaban J connectivity index is 1.35. The minimum Gasteiger partial charge on any atom is -0.493 e. The van der Waals surface area contributed by atoms with Gasteiger partial charge in [0.15, 0.2) is 0 Å². The Morgan fingerprint density at radius 3 is 2.59 bits per heavy atom. The van der Waals surface area contributed by atoms with E-state index in [0.717, 1.165) is 78.9 Å². The second-order valence-corrected chi connectivity index (χ2v) is 10.5. The first-order valence-corrected chi connectivity index (χ1v) is 13.4. The Hall–Kier alpha value is -3.23. The van der Waals surface area contributed by atoms with Crippen molar-refractivity contribution in [2.75, 3.05) is 37.3 Å². The summed E-state index contributed by atoms with van der Waals surface area (Å²) in [7, 11) is 0. The number of anilines is 2. The molecule has 37 heavy (non-hydrogen) atoms. The molecule has 8 heteroatoms. The van der Waals surface area contributed by atoms with Crippen molar-refractivity contribution in [2.45, 2.75) is 64.2 Å². The number of ether oxygens (including phenoxy) is 2. The molecule has 1 aromatic heterocycles. The lowest BCUT2D eigenvalue weighted by Gasteiger charge is -2.30. The molecule has 1 atom stereocenters. The predicted molar refractivity (Wildman–Crippen MR) is 147 cm³/mol. The number of fused-ring (bicyclic) bond motifs is 1. The molecule has 2 heterocycles. The number of nitrogens with two attached hydrogens (primary N) is 1. The maximum atomic E-state index is 12.0. The highest BCUT2D eigenvalue weighted by molar-refractivity contribution is 6.01. The van der Waals surface area contributed by atoms with Crippen LogP contribution in [0.1, 0.15) is 52.0 Å². The molecule has 0 radical (unpaired) electrons.